The summed E-state index contributed by atoms with van der Waals surface area (Å²) in [6.45, 7) is 3.28. The van der Waals surface area contributed by atoms with Gasteiger partial charge >= 0.3 is 0 Å². The van der Waals surface area contributed by atoms with Crippen molar-refractivity contribution in [3.8, 4) is 0 Å². The SMILES string of the molecule is Cc1c(Cl)ccc(N)c1F.Cc1cccc(N)c1F. The predicted molar refractivity (Wildman–Crippen MR) is 76.1 cm³/mol. The largest absolute Gasteiger partial charge is 0.396 e. The van der Waals surface area contributed by atoms with E-state index in [9.17, 15) is 8.78 Å². The molecule has 2 nitrogen and oxygen atoms in total. The topological polar surface area (TPSA) is 52.0 Å². The van der Waals surface area contributed by atoms with Gasteiger partial charge in [0, 0.05) is 10.6 Å². The monoisotopic (exact) mass is 284 g/mol. The third-order valence-electron chi connectivity index (χ3n) is 2.57. The molecule has 0 aliphatic carbocycles. The van der Waals surface area contributed by atoms with Gasteiger partial charge in [-0.3, -0.25) is 0 Å². The highest BCUT2D eigenvalue weighted by Gasteiger charge is 2.04. The van der Waals surface area contributed by atoms with Gasteiger partial charge in [0.2, 0.25) is 0 Å². The fraction of sp³-hybridized carbons (Fsp3) is 0.143. The van der Waals surface area contributed by atoms with Crippen molar-refractivity contribution in [1.82, 2.24) is 0 Å². The molecule has 0 saturated heterocycles. The molecular formula is C14H15ClF2N2. The van der Waals surface area contributed by atoms with E-state index in [2.05, 4.69) is 0 Å². The molecule has 19 heavy (non-hydrogen) atoms. The predicted octanol–water partition coefficient (Wildman–Crippen LogP) is 4.09. The molecule has 2 aromatic carbocycles. The van der Waals surface area contributed by atoms with Crippen LogP contribution in [0.25, 0.3) is 0 Å². The van der Waals surface area contributed by atoms with E-state index in [0.717, 1.165) is 0 Å². The Bertz CT molecular complexity index is 539. The molecule has 0 fully saturated rings. The molecule has 0 amide bonds. The summed E-state index contributed by atoms with van der Waals surface area (Å²) in [5, 5.41) is 0.409. The Morgan fingerprint density at radius 3 is 1.95 bits per heavy atom. The number of anilines is 2. The summed E-state index contributed by atoms with van der Waals surface area (Å²) >= 11 is 5.59. The summed E-state index contributed by atoms with van der Waals surface area (Å²) in [5.74, 6) is -0.731. The minimum atomic E-state index is -0.424. The number of nitrogens with two attached hydrogens (primary N) is 2. The molecule has 102 valence electrons. The van der Waals surface area contributed by atoms with E-state index >= 15 is 0 Å². The van der Waals surface area contributed by atoms with Crippen LogP contribution < -0.4 is 11.5 Å². The molecule has 2 aromatic rings. The highest BCUT2D eigenvalue weighted by Crippen LogP contribution is 2.21. The van der Waals surface area contributed by atoms with Gasteiger partial charge < -0.3 is 11.5 Å². The number of benzene rings is 2. The Morgan fingerprint density at radius 2 is 1.47 bits per heavy atom. The normalized spacial score (nSPS) is 9.74. The van der Waals surface area contributed by atoms with Crippen molar-refractivity contribution < 1.29 is 8.78 Å². The maximum atomic E-state index is 12.8. The highest BCUT2D eigenvalue weighted by molar-refractivity contribution is 6.31. The lowest BCUT2D eigenvalue weighted by Crippen LogP contribution is -1.92. The molecule has 5 heteroatoms. The highest BCUT2D eigenvalue weighted by atomic mass is 35.5. The second-order valence-electron chi connectivity index (χ2n) is 4.05. The number of nitrogen functional groups attached to an aromatic ring is 2. The smallest absolute Gasteiger partial charge is 0.150 e. The van der Waals surface area contributed by atoms with Crippen molar-refractivity contribution in [3.63, 3.8) is 0 Å². The molecule has 0 heterocycles. The maximum absolute atomic E-state index is 12.8. The van der Waals surface area contributed by atoms with Crippen LogP contribution >= 0.6 is 11.6 Å². The van der Waals surface area contributed by atoms with E-state index in [-0.39, 0.29) is 17.2 Å². The van der Waals surface area contributed by atoms with Crippen molar-refractivity contribution in [2.45, 2.75) is 13.8 Å². The van der Waals surface area contributed by atoms with Crippen molar-refractivity contribution in [1.29, 1.82) is 0 Å². The van der Waals surface area contributed by atoms with Crippen LogP contribution in [-0.2, 0) is 0 Å². The van der Waals surface area contributed by atoms with E-state index in [0.29, 0.717) is 16.1 Å². The Kier molecular flexibility index (Phi) is 5.12. The first-order valence-electron chi connectivity index (χ1n) is 5.55. The van der Waals surface area contributed by atoms with Gasteiger partial charge in [-0.1, -0.05) is 23.7 Å². The minimum absolute atomic E-state index is 0.141. The quantitative estimate of drug-likeness (QED) is 0.716. The van der Waals surface area contributed by atoms with Crippen LogP contribution in [-0.4, -0.2) is 0 Å². The first-order valence-corrected chi connectivity index (χ1v) is 5.93. The van der Waals surface area contributed by atoms with E-state index in [1.807, 2.05) is 0 Å². The van der Waals surface area contributed by atoms with E-state index in [1.165, 1.54) is 6.07 Å². The van der Waals surface area contributed by atoms with Crippen LogP contribution in [0.5, 0.6) is 0 Å². The Hall–Kier alpha value is -1.81. The van der Waals surface area contributed by atoms with Gasteiger partial charge in [0.1, 0.15) is 11.6 Å². The molecule has 0 aliphatic rings. The van der Waals surface area contributed by atoms with E-state index < -0.39 is 5.82 Å². The van der Waals surface area contributed by atoms with Gasteiger partial charge in [0.15, 0.2) is 0 Å². The van der Waals surface area contributed by atoms with Crippen LogP contribution in [0.3, 0.4) is 0 Å². The first kappa shape index (κ1) is 15.2. The molecular weight excluding hydrogens is 270 g/mol. The summed E-state index contributed by atoms with van der Waals surface area (Å²) in [4.78, 5) is 0. The van der Waals surface area contributed by atoms with Crippen molar-refractivity contribution in [2.75, 3.05) is 11.5 Å². The first-order chi connectivity index (χ1) is 8.84. The average Bonchev–Trinajstić information content (AvgIpc) is 2.39. The number of halogens is 3. The lowest BCUT2D eigenvalue weighted by molar-refractivity contribution is 0.623. The standard InChI is InChI=1S/C7H7ClFN.C7H8FN/c1-4-5(8)2-3-6(10)7(4)9;1-5-3-2-4-6(9)7(5)8/h2-3H,10H2,1H3;2-4H,9H2,1H3. The van der Waals surface area contributed by atoms with Gasteiger partial charge in [-0.15, -0.1) is 0 Å². The summed E-state index contributed by atoms with van der Waals surface area (Å²) in [7, 11) is 0. The third kappa shape index (κ3) is 3.83. The van der Waals surface area contributed by atoms with Gasteiger partial charge in [0.05, 0.1) is 11.4 Å². The van der Waals surface area contributed by atoms with Crippen LogP contribution in [0.15, 0.2) is 30.3 Å². The Balaban J connectivity index is 0.000000191. The molecule has 0 radical (unpaired) electrons. The summed E-state index contributed by atoms with van der Waals surface area (Å²) in [6.07, 6.45) is 0. The zero-order valence-corrected chi connectivity index (χ0v) is 11.4. The lowest BCUT2D eigenvalue weighted by Gasteiger charge is -2.00. The van der Waals surface area contributed by atoms with Crippen LogP contribution in [0.4, 0.5) is 20.2 Å². The summed E-state index contributed by atoms with van der Waals surface area (Å²) < 4.78 is 25.4. The van der Waals surface area contributed by atoms with Crippen LogP contribution in [0, 0.1) is 25.5 Å². The average molecular weight is 285 g/mol. The van der Waals surface area contributed by atoms with E-state index in [1.54, 1.807) is 38.1 Å². The second kappa shape index (κ2) is 6.38. The van der Waals surface area contributed by atoms with Gasteiger partial charge in [-0.05, 0) is 37.6 Å². The van der Waals surface area contributed by atoms with Crippen molar-refractivity contribution in [3.05, 3.63) is 58.1 Å². The fourth-order valence-electron chi connectivity index (χ4n) is 1.35. The molecule has 0 atom stereocenters. The third-order valence-corrected chi connectivity index (χ3v) is 2.98. The molecule has 0 saturated carbocycles. The van der Waals surface area contributed by atoms with Gasteiger partial charge in [-0.2, -0.15) is 0 Å². The van der Waals surface area contributed by atoms with Gasteiger partial charge in [-0.25, -0.2) is 8.78 Å². The summed E-state index contributed by atoms with van der Waals surface area (Å²) in [6, 6.07) is 7.99. The Morgan fingerprint density at radius 1 is 0.895 bits per heavy atom. The van der Waals surface area contributed by atoms with Crippen molar-refractivity contribution in [2.24, 2.45) is 0 Å². The molecule has 0 bridgehead atoms. The minimum Gasteiger partial charge on any atom is -0.396 e. The van der Waals surface area contributed by atoms with E-state index in [4.69, 9.17) is 23.1 Å². The summed E-state index contributed by atoms with van der Waals surface area (Å²) in [5.41, 5.74) is 11.9. The van der Waals surface area contributed by atoms with Crippen LogP contribution in [0.1, 0.15) is 11.1 Å². The second-order valence-corrected chi connectivity index (χ2v) is 4.46. The van der Waals surface area contributed by atoms with Crippen LogP contribution in [0.2, 0.25) is 5.02 Å². The van der Waals surface area contributed by atoms with Gasteiger partial charge in [0.25, 0.3) is 0 Å². The zero-order valence-electron chi connectivity index (χ0n) is 10.7. The zero-order chi connectivity index (χ0) is 14.6. The molecule has 0 spiro atoms. The number of hydrogen-bond donors (Lipinski definition) is 2. The molecule has 4 N–H and O–H groups in total. The fourth-order valence-corrected chi connectivity index (χ4v) is 1.50. The van der Waals surface area contributed by atoms with Crippen molar-refractivity contribution >= 4 is 23.0 Å². The molecule has 0 unspecified atom stereocenters. The molecule has 0 aromatic heterocycles. The maximum Gasteiger partial charge on any atom is 0.150 e. The lowest BCUT2D eigenvalue weighted by atomic mass is 10.2. The number of rotatable bonds is 0. The number of aryl methyl sites for hydroxylation is 1. The Labute approximate surface area is 116 Å². The number of hydrogen-bond acceptors (Lipinski definition) is 2. The molecule has 0 aliphatic heterocycles. The molecule has 2 rings (SSSR count).